The maximum atomic E-state index is 11.6. The highest BCUT2D eigenvalue weighted by Gasteiger charge is 2.23. The van der Waals surface area contributed by atoms with Crippen molar-refractivity contribution in [3.05, 3.63) is 53.3 Å². The number of rotatable bonds is 5. The van der Waals surface area contributed by atoms with Crippen LogP contribution in [0.5, 0.6) is 0 Å². The van der Waals surface area contributed by atoms with Gasteiger partial charge >= 0.3 is 5.97 Å². The van der Waals surface area contributed by atoms with E-state index in [4.69, 9.17) is 0 Å². The van der Waals surface area contributed by atoms with Crippen molar-refractivity contribution in [2.45, 2.75) is 39.2 Å². The summed E-state index contributed by atoms with van der Waals surface area (Å²) in [6.45, 7) is 6.04. The van der Waals surface area contributed by atoms with E-state index < -0.39 is 11.9 Å². The number of carboxylic acids is 1. The van der Waals surface area contributed by atoms with Crippen LogP contribution >= 0.6 is 0 Å². The van der Waals surface area contributed by atoms with Crippen molar-refractivity contribution in [2.24, 2.45) is 0 Å². The number of hydrogen-bond acceptors (Lipinski definition) is 2. The highest BCUT2D eigenvalue weighted by Crippen LogP contribution is 2.24. The van der Waals surface area contributed by atoms with Gasteiger partial charge in [0.15, 0.2) is 0 Å². The van der Waals surface area contributed by atoms with Gasteiger partial charge in [-0.3, -0.25) is 9.48 Å². The number of aryl methyl sites for hydroxylation is 1. The molecular formula is C16H20N2O2. The SMILES string of the molecule is Cc1ccccc1C(Cc1ccn(C(C)C)n1)C(=O)O. The summed E-state index contributed by atoms with van der Waals surface area (Å²) in [6.07, 6.45) is 2.32. The van der Waals surface area contributed by atoms with Gasteiger partial charge in [0, 0.05) is 18.7 Å². The molecule has 0 aliphatic rings. The normalized spacial score (nSPS) is 12.6. The average molecular weight is 272 g/mol. The maximum absolute atomic E-state index is 11.6. The Morgan fingerprint density at radius 3 is 2.55 bits per heavy atom. The lowest BCUT2D eigenvalue weighted by Gasteiger charge is -2.14. The molecule has 2 aromatic rings. The zero-order chi connectivity index (χ0) is 14.7. The molecule has 20 heavy (non-hydrogen) atoms. The van der Waals surface area contributed by atoms with Crippen LogP contribution in [0.25, 0.3) is 0 Å². The lowest BCUT2D eigenvalue weighted by atomic mass is 9.91. The summed E-state index contributed by atoms with van der Waals surface area (Å²) in [4.78, 5) is 11.6. The molecule has 1 heterocycles. The molecule has 0 saturated carbocycles. The van der Waals surface area contributed by atoms with Crippen LogP contribution in [-0.4, -0.2) is 20.9 Å². The van der Waals surface area contributed by atoms with E-state index in [1.807, 2.05) is 62.0 Å². The van der Waals surface area contributed by atoms with E-state index in [0.29, 0.717) is 6.42 Å². The molecule has 4 nitrogen and oxygen atoms in total. The fourth-order valence-electron chi connectivity index (χ4n) is 2.29. The maximum Gasteiger partial charge on any atom is 0.311 e. The summed E-state index contributed by atoms with van der Waals surface area (Å²) in [6, 6.07) is 9.81. The minimum Gasteiger partial charge on any atom is -0.481 e. The Hall–Kier alpha value is -2.10. The highest BCUT2D eigenvalue weighted by molar-refractivity contribution is 5.77. The third kappa shape index (κ3) is 3.07. The van der Waals surface area contributed by atoms with Gasteiger partial charge in [0.05, 0.1) is 11.6 Å². The van der Waals surface area contributed by atoms with Gasteiger partial charge in [-0.2, -0.15) is 5.10 Å². The van der Waals surface area contributed by atoms with Crippen molar-refractivity contribution in [1.29, 1.82) is 0 Å². The molecule has 2 rings (SSSR count). The van der Waals surface area contributed by atoms with Crippen LogP contribution in [-0.2, 0) is 11.2 Å². The monoisotopic (exact) mass is 272 g/mol. The van der Waals surface area contributed by atoms with Gasteiger partial charge in [-0.15, -0.1) is 0 Å². The van der Waals surface area contributed by atoms with E-state index in [0.717, 1.165) is 16.8 Å². The van der Waals surface area contributed by atoms with E-state index in [2.05, 4.69) is 5.10 Å². The second kappa shape index (κ2) is 5.90. The number of aromatic nitrogens is 2. The molecule has 1 atom stereocenters. The van der Waals surface area contributed by atoms with Crippen molar-refractivity contribution in [3.8, 4) is 0 Å². The first-order valence-corrected chi connectivity index (χ1v) is 6.81. The number of nitrogens with zero attached hydrogens (tertiary/aromatic N) is 2. The topological polar surface area (TPSA) is 55.1 Å². The number of benzene rings is 1. The van der Waals surface area contributed by atoms with Crippen molar-refractivity contribution >= 4 is 5.97 Å². The first-order valence-electron chi connectivity index (χ1n) is 6.81. The van der Waals surface area contributed by atoms with Crippen molar-refractivity contribution in [2.75, 3.05) is 0 Å². The van der Waals surface area contributed by atoms with Crippen LogP contribution in [0, 0.1) is 6.92 Å². The second-order valence-electron chi connectivity index (χ2n) is 5.33. The van der Waals surface area contributed by atoms with Crippen LogP contribution in [0.2, 0.25) is 0 Å². The molecule has 0 spiro atoms. The lowest BCUT2D eigenvalue weighted by Crippen LogP contribution is -2.16. The first-order chi connectivity index (χ1) is 9.49. The van der Waals surface area contributed by atoms with E-state index in [1.165, 1.54) is 0 Å². The molecule has 0 saturated heterocycles. The molecule has 106 valence electrons. The number of hydrogen-bond donors (Lipinski definition) is 1. The second-order valence-corrected chi connectivity index (χ2v) is 5.33. The van der Waals surface area contributed by atoms with Crippen molar-refractivity contribution in [1.82, 2.24) is 9.78 Å². The van der Waals surface area contributed by atoms with Gasteiger partial charge in [-0.05, 0) is 38.0 Å². The third-order valence-corrected chi connectivity index (χ3v) is 3.47. The highest BCUT2D eigenvalue weighted by atomic mass is 16.4. The Kier molecular flexibility index (Phi) is 4.23. The van der Waals surface area contributed by atoms with Gasteiger partial charge in [-0.1, -0.05) is 24.3 Å². The largest absolute Gasteiger partial charge is 0.481 e. The van der Waals surface area contributed by atoms with Gasteiger partial charge < -0.3 is 5.11 Å². The number of carbonyl (C=O) groups is 1. The van der Waals surface area contributed by atoms with E-state index in [-0.39, 0.29) is 6.04 Å². The predicted molar refractivity (Wildman–Crippen MR) is 77.9 cm³/mol. The van der Waals surface area contributed by atoms with E-state index >= 15 is 0 Å². The smallest absolute Gasteiger partial charge is 0.311 e. The molecule has 0 fully saturated rings. The van der Waals surface area contributed by atoms with Crippen LogP contribution in [0.1, 0.15) is 42.6 Å². The summed E-state index contributed by atoms with van der Waals surface area (Å²) in [5.41, 5.74) is 2.68. The predicted octanol–water partition coefficient (Wildman–Crippen LogP) is 3.18. The van der Waals surface area contributed by atoms with Crippen LogP contribution in [0.4, 0.5) is 0 Å². The summed E-state index contributed by atoms with van der Waals surface area (Å²) < 4.78 is 1.85. The Bertz CT molecular complexity index is 602. The van der Waals surface area contributed by atoms with Gasteiger partial charge in [0.1, 0.15) is 0 Å². The Labute approximate surface area is 119 Å². The minimum absolute atomic E-state index is 0.283. The first kappa shape index (κ1) is 14.3. The zero-order valence-corrected chi connectivity index (χ0v) is 12.1. The third-order valence-electron chi connectivity index (χ3n) is 3.47. The molecule has 1 N–H and O–H groups in total. The minimum atomic E-state index is -0.807. The standard InChI is InChI=1S/C16H20N2O2/c1-11(2)18-9-8-13(17-18)10-15(16(19)20)14-7-5-4-6-12(14)3/h4-9,11,15H,10H2,1-3H3,(H,19,20). The molecule has 0 aliphatic heterocycles. The molecule has 1 aromatic heterocycles. The van der Waals surface area contributed by atoms with Crippen molar-refractivity contribution < 1.29 is 9.90 Å². The molecule has 4 heteroatoms. The molecule has 0 bridgehead atoms. The Balaban J connectivity index is 2.26. The molecule has 1 unspecified atom stereocenters. The van der Waals surface area contributed by atoms with Crippen LogP contribution < -0.4 is 0 Å². The Morgan fingerprint density at radius 2 is 2.00 bits per heavy atom. The van der Waals surface area contributed by atoms with E-state index in [9.17, 15) is 9.90 Å². The quantitative estimate of drug-likeness (QED) is 0.909. The lowest BCUT2D eigenvalue weighted by molar-refractivity contribution is -0.138. The summed E-state index contributed by atoms with van der Waals surface area (Å²) in [7, 11) is 0. The molecule has 1 aromatic carbocycles. The molecule has 0 amide bonds. The number of aliphatic carboxylic acids is 1. The number of carboxylic acid groups (broad SMARTS) is 1. The fraction of sp³-hybridized carbons (Fsp3) is 0.375. The molecular weight excluding hydrogens is 252 g/mol. The molecule has 0 aliphatic carbocycles. The summed E-state index contributed by atoms with van der Waals surface area (Å²) >= 11 is 0. The van der Waals surface area contributed by atoms with Crippen LogP contribution in [0.15, 0.2) is 36.5 Å². The fourth-order valence-corrected chi connectivity index (χ4v) is 2.29. The van der Waals surface area contributed by atoms with E-state index in [1.54, 1.807) is 0 Å². The molecule has 0 radical (unpaired) electrons. The zero-order valence-electron chi connectivity index (χ0n) is 12.1. The Morgan fingerprint density at radius 1 is 1.30 bits per heavy atom. The average Bonchev–Trinajstić information content (AvgIpc) is 2.85. The van der Waals surface area contributed by atoms with Gasteiger partial charge in [0.25, 0.3) is 0 Å². The van der Waals surface area contributed by atoms with Crippen molar-refractivity contribution in [3.63, 3.8) is 0 Å². The van der Waals surface area contributed by atoms with Gasteiger partial charge in [0.2, 0.25) is 0 Å². The summed E-state index contributed by atoms with van der Waals surface area (Å²) in [5.74, 6) is -1.36. The van der Waals surface area contributed by atoms with Gasteiger partial charge in [-0.25, -0.2) is 0 Å². The summed E-state index contributed by atoms with van der Waals surface area (Å²) in [5, 5.41) is 13.9. The van der Waals surface area contributed by atoms with Crippen LogP contribution in [0.3, 0.4) is 0 Å².